The van der Waals surface area contributed by atoms with Crippen LogP contribution in [0.3, 0.4) is 0 Å². The van der Waals surface area contributed by atoms with Gasteiger partial charge in [0.05, 0.1) is 11.1 Å². The van der Waals surface area contributed by atoms with E-state index in [4.69, 9.17) is 4.98 Å². The summed E-state index contributed by atoms with van der Waals surface area (Å²) in [5, 5.41) is 10.6. The van der Waals surface area contributed by atoms with Gasteiger partial charge in [-0.25, -0.2) is 4.98 Å². The van der Waals surface area contributed by atoms with Gasteiger partial charge in [0, 0.05) is 31.6 Å². The van der Waals surface area contributed by atoms with Crippen LogP contribution in [0.2, 0.25) is 0 Å². The first kappa shape index (κ1) is 13.8. The summed E-state index contributed by atoms with van der Waals surface area (Å²) in [5.74, 6) is 0.840. The summed E-state index contributed by atoms with van der Waals surface area (Å²) < 4.78 is 0. The molecule has 21 heavy (non-hydrogen) atoms. The summed E-state index contributed by atoms with van der Waals surface area (Å²) in [6.45, 7) is 8.02. The monoisotopic (exact) mass is 280 g/mol. The molecule has 4 heteroatoms. The highest BCUT2D eigenvalue weighted by Crippen LogP contribution is 2.27. The van der Waals surface area contributed by atoms with Crippen molar-refractivity contribution in [3.8, 4) is 6.07 Å². The third-order valence-electron chi connectivity index (χ3n) is 4.31. The van der Waals surface area contributed by atoms with Gasteiger partial charge in [0.1, 0.15) is 11.9 Å². The van der Waals surface area contributed by atoms with Crippen LogP contribution in [0, 0.1) is 25.2 Å². The second-order valence-corrected chi connectivity index (χ2v) is 5.86. The Morgan fingerprint density at radius 3 is 2.43 bits per heavy atom. The molecule has 0 atom stereocenters. The molecule has 1 aliphatic heterocycles. The summed E-state index contributed by atoms with van der Waals surface area (Å²) in [4.78, 5) is 9.38. The molecule has 2 aromatic rings. The molecule has 1 saturated heterocycles. The second-order valence-electron chi connectivity index (χ2n) is 5.86. The van der Waals surface area contributed by atoms with E-state index in [0.717, 1.165) is 48.5 Å². The lowest BCUT2D eigenvalue weighted by Crippen LogP contribution is -2.45. The van der Waals surface area contributed by atoms with Crippen LogP contribution in [-0.4, -0.2) is 43.1 Å². The van der Waals surface area contributed by atoms with E-state index in [1.54, 1.807) is 0 Å². The number of hydrogen-bond acceptors (Lipinski definition) is 4. The van der Waals surface area contributed by atoms with Crippen molar-refractivity contribution in [3.05, 3.63) is 34.9 Å². The number of aromatic nitrogens is 1. The smallest absolute Gasteiger partial charge is 0.147 e. The molecule has 1 aliphatic rings. The minimum atomic E-state index is 0.681. The number of rotatable bonds is 1. The molecule has 3 rings (SSSR count). The van der Waals surface area contributed by atoms with Gasteiger partial charge in [0.25, 0.3) is 0 Å². The van der Waals surface area contributed by atoms with Crippen molar-refractivity contribution in [3.63, 3.8) is 0 Å². The predicted molar refractivity (Wildman–Crippen MR) is 85.6 cm³/mol. The quantitative estimate of drug-likeness (QED) is 0.805. The minimum absolute atomic E-state index is 0.681. The first-order chi connectivity index (χ1) is 10.1. The zero-order valence-corrected chi connectivity index (χ0v) is 12.8. The highest BCUT2D eigenvalue weighted by molar-refractivity contribution is 5.88. The molecule has 0 saturated carbocycles. The Kier molecular flexibility index (Phi) is 3.52. The Labute approximate surface area is 125 Å². The first-order valence-corrected chi connectivity index (χ1v) is 7.34. The molecule has 2 heterocycles. The minimum Gasteiger partial charge on any atom is -0.353 e. The SMILES string of the molecule is Cc1ccc(C)c2nc(N3CCN(C)CC3)c(C#N)cc12. The fourth-order valence-electron chi connectivity index (χ4n) is 2.87. The second kappa shape index (κ2) is 5.34. The number of aryl methyl sites for hydroxylation is 2. The summed E-state index contributed by atoms with van der Waals surface area (Å²) >= 11 is 0. The van der Waals surface area contributed by atoms with Gasteiger partial charge in [-0.1, -0.05) is 12.1 Å². The van der Waals surface area contributed by atoms with E-state index in [1.165, 1.54) is 5.56 Å². The maximum Gasteiger partial charge on any atom is 0.147 e. The van der Waals surface area contributed by atoms with Crippen molar-refractivity contribution in [2.24, 2.45) is 0 Å². The summed E-state index contributed by atoms with van der Waals surface area (Å²) in [5.41, 5.74) is 4.03. The van der Waals surface area contributed by atoms with E-state index in [2.05, 4.69) is 48.9 Å². The number of nitriles is 1. The third kappa shape index (κ3) is 2.45. The molecule has 1 aromatic heterocycles. The molecule has 4 nitrogen and oxygen atoms in total. The van der Waals surface area contributed by atoms with E-state index < -0.39 is 0 Å². The van der Waals surface area contributed by atoms with Gasteiger partial charge < -0.3 is 9.80 Å². The number of benzene rings is 1. The maximum absolute atomic E-state index is 9.49. The highest BCUT2D eigenvalue weighted by Gasteiger charge is 2.19. The van der Waals surface area contributed by atoms with Gasteiger partial charge >= 0.3 is 0 Å². The van der Waals surface area contributed by atoms with Crippen molar-refractivity contribution < 1.29 is 0 Å². The zero-order valence-electron chi connectivity index (χ0n) is 12.8. The van der Waals surface area contributed by atoms with Crippen LogP contribution in [0.5, 0.6) is 0 Å². The fourth-order valence-corrected chi connectivity index (χ4v) is 2.87. The molecule has 0 radical (unpaired) electrons. The van der Waals surface area contributed by atoms with Crippen LogP contribution >= 0.6 is 0 Å². The lowest BCUT2D eigenvalue weighted by Gasteiger charge is -2.33. The molecule has 0 unspecified atom stereocenters. The normalized spacial score (nSPS) is 16.2. The molecule has 1 aromatic carbocycles. The van der Waals surface area contributed by atoms with Gasteiger partial charge in [-0.2, -0.15) is 5.26 Å². The first-order valence-electron chi connectivity index (χ1n) is 7.34. The lowest BCUT2D eigenvalue weighted by molar-refractivity contribution is 0.312. The Hall–Kier alpha value is -2.12. The Morgan fingerprint density at radius 1 is 1.10 bits per heavy atom. The molecule has 0 N–H and O–H groups in total. The average molecular weight is 280 g/mol. The van der Waals surface area contributed by atoms with E-state index in [1.807, 2.05) is 6.07 Å². The van der Waals surface area contributed by atoms with Crippen LogP contribution in [0.1, 0.15) is 16.7 Å². The van der Waals surface area contributed by atoms with Crippen LogP contribution in [0.15, 0.2) is 18.2 Å². The van der Waals surface area contributed by atoms with E-state index >= 15 is 0 Å². The number of pyridine rings is 1. The molecular weight excluding hydrogens is 260 g/mol. The number of piperazine rings is 1. The van der Waals surface area contributed by atoms with Crippen molar-refractivity contribution in [1.29, 1.82) is 5.26 Å². The van der Waals surface area contributed by atoms with E-state index in [0.29, 0.717) is 5.56 Å². The predicted octanol–water partition coefficient (Wildman–Crippen LogP) is 2.48. The number of anilines is 1. The van der Waals surface area contributed by atoms with Crippen LogP contribution in [0.25, 0.3) is 10.9 Å². The van der Waals surface area contributed by atoms with Gasteiger partial charge in [0.15, 0.2) is 0 Å². The largest absolute Gasteiger partial charge is 0.353 e. The van der Waals surface area contributed by atoms with Crippen LogP contribution in [-0.2, 0) is 0 Å². The highest BCUT2D eigenvalue weighted by atomic mass is 15.3. The Balaban J connectivity index is 2.14. The Morgan fingerprint density at radius 2 is 1.76 bits per heavy atom. The third-order valence-corrected chi connectivity index (χ3v) is 4.31. The van der Waals surface area contributed by atoms with Crippen molar-refractivity contribution >= 4 is 16.7 Å². The fraction of sp³-hybridized carbons (Fsp3) is 0.412. The van der Waals surface area contributed by atoms with E-state index in [9.17, 15) is 5.26 Å². The van der Waals surface area contributed by atoms with Gasteiger partial charge in [0.2, 0.25) is 0 Å². The average Bonchev–Trinajstić information content (AvgIpc) is 2.51. The van der Waals surface area contributed by atoms with Crippen molar-refractivity contribution in [2.75, 3.05) is 38.1 Å². The Bertz CT molecular complexity index is 722. The van der Waals surface area contributed by atoms with Crippen LogP contribution in [0.4, 0.5) is 5.82 Å². The topological polar surface area (TPSA) is 43.2 Å². The van der Waals surface area contributed by atoms with Gasteiger partial charge in [-0.3, -0.25) is 0 Å². The summed E-state index contributed by atoms with van der Waals surface area (Å²) in [6, 6.07) is 8.52. The van der Waals surface area contributed by atoms with Crippen LogP contribution < -0.4 is 4.90 Å². The molecule has 0 amide bonds. The van der Waals surface area contributed by atoms with Crippen molar-refractivity contribution in [1.82, 2.24) is 9.88 Å². The lowest BCUT2D eigenvalue weighted by atomic mass is 10.0. The number of nitrogens with zero attached hydrogens (tertiary/aromatic N) is 4. The summed E-state index contributed by atoms with van der Waals surface area (Å²) in [7, 11) is 2.13. The molecule has 0 bridgehead atoms. The van der Waals surface area contributed by atoms with E-state index in [-0.39, 0.29) is 0 Å². The maximum atomic E-state index is 9.49. The number of hydrogen-bond donors (Lipinski definition) is 0. The molecule has 0 aliphatic carbocycles. The molecule has 1 fully saturated rings. The van der Waals surface area contributed by atoms with Gasteiger partial charge in [-0.15, -0.1) is 0 Å². The molecule has 108 valence electrons. The molecular formula is C17H20N4. The van der Waals surface area contributed by atoms with Gasteiger partial charge in [-0.05, 0) is 38.1 Å². The molecule has 0 spiro atoms. The van der Waals surface area contributed by atoms with Crippen molar-refractivity contribution in [2.45, 2.75) is 13.8 Å². The number of fused-ring (bicyclic) bond motifs is 1. The number of likely N-dealkylation sites (N-methyl/N-ethyl adjacent to an activating group) is 1. The zero-order chi connectivity index (χ0) is 15.0. The summed E-state index contributed by atoms with van der Waals surface area (Å²) in [6.07, 6.45) is 0. The standard InChI is InChI=1S/C17H20N4/c1-12-4-5-13(2)16-15(12)10-14(11-18)17(19-16)21-8-6-20(3)7-9-21/h4-5,10H,6-9H2,1-3H3.